The van der Waals surface area contributed by atoms with Gasteiger partial charge in [0.2, 0.25) is 0 Å². The zero-order valence-corrected chi connectivity index (χ0v) is 13.6. The van der Waals surface area contributed by atoms with Crippen LogP contribution in [0, 0.1) is 0 Å². The van der Waals surface area contributed by atoms with Gasteiger partial charge in [-0.3, -0.25) is 14.3 Å². The molecule has 2 amide bonds. The molecule has 1 aliphatic heterocycles. The van der Waals surface area contributed by atoms with Gasteiger partial charge in [-0.05, 0) is 24.8 Å². The fraction of sp³-hybridized carbons (Fsp3) is 0.333. The average Bonchev–Trinajstić information content (AvgIpc) is 3.29. The van der Waals surface area contributed by atoms with Crippen molar-refractivity contribution in [3.05, 3.63) is 52.8 Å². The van der Waals surface area contributed by atoms with Crippen molar-refractivity contribution in [1.82, 2.24) is 14.8 Å². The van der Waals surface area contributed by atoms with Crippen molar-refractivity contribution in [3.8, 4) is 0 Å². The SMILES string of the molecule is O=C(ON1C(=O)CCC1=O)c1nn(Cc2ccccc2)c2c1CCC2. The molecular formula is C18H17N3O4. The van der Waals surface area contributed by atoms with E-state index in [2.05, 4.69) is 5.10 Å². The average molecular weight is 339 g/mol. The van der Waals surface area contributed by atoms with E-state index in [1.54, 1.807) is 0 Å². The number of hydrogen-bond acceptors (Lipinski definition) is 5. The third kappa shape index (κ3) is 2.82. The summed E-state index contributed by atoms with van der Waals surface area (Å²) < 4.78 is 1.82. The number of carbonyl (C=O) groups is 3. The van der Waals surface area contributed by atoms with Crippen molar-refractivity contribution in [1.29, 1.82) is 0 Å². The smallest absolute Gasteiger partial charge is 0.323 e. The lowest BCUT2D eigenvalue weighted by atomic mass is 10.2. The first-order valence-electron chi connectivity index (χ1n) is 8.34. The molecule has 2 heterocycles. The standard InChI is InChI=1S/C18H17N3O4/c22-15-9-10-16(23)21(15)25-18(24)17-13-7-4-8-14(13)20(19-17)11-12-5-2-1-3-6-12/h1-3,5-6H,4,7-11H2. The number of hydroxylamine groups is 2. The van der Waals surface area contributed by atoms with Crippen LogP contribution in [0.1, 0.15) is 46.6 Å². The minimum Gasteiger partial charge on any atom is -0.323 e. The van der Waals surface area contributed by atoms with E-state index < -0.39 is 17.8 Å². The zero-order chi connectivity index (χ0) is 17.4. The maximum atomic E-state index is 12.5. The third-order valence-corrected chi connectivity index (χ3v) is 4.56. The first kappa shape index (κ1) is 15.6. The Labute approximate surface area is 144 Å². The lowest BCUT2D eigenvalue weighted by Crippen LogP contribution is -2.32. The maximum absolute atomic E-state index is 12.5. The number of amides is 2. The molecule has 0 atom stereocenters. The van der Waals surface area contributed by atoms with Gasteiger partial charge in [0, 0.05) is 24.1 Å². The van der Waals surface area contributed by atoms with E-state index in [0.717, 1.165) is 36.1 Å². The second-order valence-corrected chi connectivity index (χ2v) is 6.23. The van der Waals surface area contributed by atoms with Crippen LogP contribution in [-0.4, -0.2) is 32.6 Å². The van der Waals surface area contributed by atoms with Gasteiger partial charge in [-0.1, -0.05) is 30.3 Å². The van der Waals surface area contributed by atoms with Crippen molar-refractivity contribution < 1.29 is 19.2 Å². The van der Waals surface area contributed by atoms with Crippen LogP contribution in [0.3, 0.4) is 0 Å². The van der Waals surface area contributed by atoms with Gasteiger partial charge in [0.25, 0.3) is 11.8 Å². The minimum atomic E-state index is -0.742. The Balaban J connectivity index is 1.60. The molecular weight excluding hydrogens is 322 g/mol. The number of hydrogen-bond donors (Lipinski definition) is 0. The fourth-order valence-electron chi connectivity index (χ4n) is 3.34. The van der Waals surface area contributed by atoms with Gasteiger partial charge < -0.3 is 4.84 Å². The van der Waals surface area contributed by atoms with Crippen molar-refractivity contribution in [2.45, 2.75) is 38.6 Å². The lowest BCUT2D eigenvalue weighted by molar-refractivity contribution is -0.172. The van der Waals surface area contributed by atoms with Gasteiger partial charge in [-0.2, -0.15) is 5.10 Å². The van der Waals surface area contributed by atoms with Gasteiger partial charge in [0.05, 0.1) is 6.54 Å². The largest absolute Gasteiger partial charge is 0.384 e. The Bertz CT molecular complexity index is 841. The highest BCUT2D eigenvalue weighted by Gasteiger charge is 2.35. The van der Waals surface area contributed by atoms with Gasteiger partial charge in [0.15, 0.2) is 5.69 Å². The van der Waals surface area contributed by atoms with Crippen LogP contribution in [0.4, 0.5) is 0 Å². The molecule has 2 aromatic rings. The van der Waals surface area contributed by atoms with E-state index in [1.807, 2.05) is 35.0 Å². The minimum absolute atomic E-state index is 0.0761. The molecule has 128 valence electrons. The summed E-state index contributed by atoms with van der Waals surface area (Å²) in [6.07, 6.45) is 2.70. The van der Waals surface area contributed by atoms with E-state index in [9.17, 15) is 14.4 Å². The molecule has 4 rings (SSSR count). The zero-order valence-electron chi connectivity index (χ0n) is 13.6. The van der Waals surface area contributed by atoms with Crippen LogP contribution < -0.4 is 0 Å². The van der Waals surface area contributed by atoms with Crippen molar-refractivity contribution in [2.24, 2.45) is 0 Å². The van der Waals surface area contributed by atoms with Gasteiger partial charge in [0.1, 0.15) is 0 Å². The highest BCUT2D eigenvalue weighted by molar-refractivity contribution is 6.02. The van der Waals surface area contributed by atoms with Crippen LogP contribution in [0.15, 0.2) is 30.3 Å². The van der Waals surface area contributed by atoms with E-state index >= 15 is 0 Å². The third-order valence-electron chi connectivity index (χ3n) is 4.56. The first-order valence-corrected chi connectivity index (χ1v) is 8.34. The molecule has 0 spiro atoms. The van der Waals surface area contributed by atoms with Crippen LogP contribution in [0.2, 0.25) is 0 Å². The van der Waals surface area contributed by atoms with E-state index in [4.69, 9.17) is 4.84 Å². The number of fused-ring (bicyclic) bond motifs is 1. The molecule has 2 aliphatic rings. The Morgan fingerprint density at radius 2 is 1.76 bits per heavy atom. The number of rotatable bonds is 4. The molecule has 7 nitrogen and oxygen atoms in total. The lowest BCUT2D eigenvalue weighted by Gasteiger charge is -2.11. The molecule has 1 saturated heterocycles. The molecule has 1 aliphatic carbocycles. The molecule has 0 saturated carbocycles. The maximum Gasteiger partial charge on any atom is 0.384 e. The molecule has 1 aromatic carbocycles. The molecule has 0 bridgehead atoms. The number of nitrogens with zero attached hydrogens (tertiary/aromatic N) is 3. The Hall–Kier alpha value is -2.96. The van der Waals surface area contributed by atoms with Gasteiger partial charge in [-0.25, -0.2) is 4.79 Å². The summed E-state index contributed by atoms with van der Waals surface area (Å²) in [5, 5.41) is 4.98. The monoisotopic (exact) mass is 339 g/mol. The number of aromatic nitrogens is 2. The molecule has 7 heteroatoms. The summed E-state index contributed by atoms with van der Waals surface area (Å²) in [6, 6.07) is 9.87. The molecule has 1 fully saturated rings. The van der Waals surface area contributed by atoms with Crippen molar-refractivity contribution >= 4 is 17.8 Å². The van der Waals surface area contributed by atoms with E-state index in [1.165, 1.54) is 0 Å². The van der Waals surface area contributed by atoms with Gasteiger partial charge >= 0.3 is 5.97 Å². The summed E-state index contributed by atoms with van der Waals surface area (Å²) in [4.78, 5) is 40.8. The van der Waals surface area contributed by atoms with Crippen LogP contribution >= 0.6 is 0 Å². The normalized spacial score (nSPS) is 16.4. The van der Waals surface area contributed by atoms with Crippen LogP contribution in [0.25, 0.3) is 0 Å². The molecule has 25 heavy (non-hydrogen) atoms. The molecule has 0 N–H and O–H groups in total. The Morgan fingerprint density at radius 3 is 2.48 bits per heavy atom. The first-order chi connectivity index (χ1) is 12.1. The summed E-state index contributed by atoms with van der Waals surface area (Å²) >= 11 is 0. The predicted molar refractivity (Wildman–Crippen MR) is 86.3 cm³/mol. The predicted octanol–water partition coefficient (Wildman–Crippen LogP) is 1.64. The Kier molecular flexibility index (Phi) is 3.83. The van der Waals surface area contributed by atoms with Gasteiger partial charge in [-0.15, -0.1) is 5.06 Å². The van der Waals surface area contributed by atoms with E-state index in [0.29, 0.717) is 11.6 Å². The van der Waals surface area contributed by atoms with Crippen LogP contribution in [0.5, 0.6) is 0 Å². The summed E-state index contributed by atoms with van der Waals surface area (Å²) in [6.45, 7) is 0.567. The number of benzene rings is 1. The summed E-state index contributed by atoms with van der Waals surface area (Å²) in [5.41, 5.74) is 3.18. The molecule has 0 radical (unpaired) electrons. The van der Waals surface area contributed by atoms with Crippen molar-refractivity contribution in [2.75, 3.05) is 0 Å². The quantitative estimate of drug-likeness (QED) is 0.791. The van der Waals surface area contributed by atoms with Crippen molar-refractivity contribution in [3.63, 3.8) is 0 Å². The second kappa shape index (κ2) is 6.16. The molecule has 0 unspecified atom stereocenters. The Morgan fingerprint density at radius 1 is 1.04 bits per heavy atom. The fourth-order valence-corrected chi connectivity index (χ4v) is 3.34. The highest BCUT2D eigenvalue weighted by atomic mass is 16.7. The summed E-state index contributed by atoms with van der Waals surface area (Å²) in [7, 11) is 0. The van der Waals surface area contributed by atoms with E-state index in [-0.39, 0.29) is 18.5 Å². The summed E-state index contributed by atoms with van der Waals surface area (Å²) in [5.74, 6) is -1.72. The topological polar surface area (TPSA) is 81.5 Å². The highest BCUT2D eigenvalue weighted by Crippen LogP contribution is 2.27. The molecule has 1 aromatic heterocycles. The number of carbonyl (C=O) groups excluding carboxylic acids is 3. The number of imide groups is 1. The second-order valence-electron chi connectivity index (χ2n) is 6.23. The van der Waals surface area contributed by atoms with Crippen LogP contribution in [-0.2, 0) is 33.8 Å².